The van der Waals surface area contributed by atoms with Crippen molar-refractivity contribution in [3.05, 3.63) is 151 Å². The Balaban J connectivity index is 1.41. The molecule has 0 spiro atoms. The number of hydrogen-bond acceptors (Lipinski definition) is 1. The van der Waals surface area contributed by atoms with Gasteiger partial charge < -0.3 is 0 Å². The van der Waals surface area contributed by atoms with Crippen LogP contribution in [0, 0.1) is 0 Å². The van der Waals surface area contributed by atoms with Crippen molar-refractivity contribution >= 4 is 29.2 Å². The maximum atomic E-state index is 14.9. The third-order valence-electron chi connectivity index (χ3n) is 10.5. The standard InChI is InChI=1S/C46H38F3NSi/c1-45(2,3)40-26-31(24-29-14-6-7-15-32(29)40)42-27-38(41(28-50-42)46(47,48)49)30-22-23-35-37-19-11-13-21-44(37)51(4,5)43-20-12-10-18-36(43)33-16-8-9-17-34(33)39(35)25-30/h6-28H,1-5H3. The molecule has 0 fully saturated rings. The van der Waals surface area contributed by atoms with E-state index in [1.54, 1.807) is 6.07 Å². The molecule has 0 saturated carbocycles. The lowest BCUT2D eigenvalue weighted by molar-refractivity contribution is -0.137. The number of pyridine rings is 1. The van der Waals surface area contributed by atoms with Crippen LogP contribution in [0.25, 0.3) is 66.5 Å². The molecule has 6 aromatic carbocycles. The minimum atomic E-state index is -4.60. The number of rotatable bonds is 2. The van der Waals surface area contributed by atoms with E-state index in [-0.39, 0.29) is 11.0 Å². The molecule has 0 aliphatic carbocycles. The zero-order valence-corrected chi connectivity index (χ0v) is 30.4. The molecular formula is C46H38F3NSi. The van der Waals surface area contributed by atoms with E-state index in [4.69, 9.17) is 0 Å². The predicted molar refractivity (Wildman–Crippen MR) is 209 cm³/mol. The molecule has 1 aromatic heterocycles. The Morgan fingerprint density at radius 2 is 1.04 bits per heavy atom. The van der Waals surface area contributed by atoms with Crippen molar-refractivity contribution in [3.8, 4) is 55.8 Å². The summed E-state index contributed by atoms with van der Waals surface area (Å²) < 4.78 is 44.6. The average molecular weight is 690 g/mol. The van der Waals surface area contributed by atoms with E-state index in [2.05, 4.69) is 112 Å². The molecule has 8 rings (SSSR count). The van der Waals surface area contributed by atoms with E-state index in [1.807, 2.05) is 54.6 Å². The predicted octanol–water partition coefficient (Wildman–Crippen LogP) is 12.0. The smallest absolute Gasteiger partial charge is 0.256 e. The van der Waals surface area contributed by atoms with Gasteiger partial charge in [0.05, 0.1) is 11.3 Å². The van der Waals surface area contributed by atoms with Gasteiger partial charge in [0.15, 0.2) is 0 Å². The van der Waals surface area contributed by atoms with Gasteiger partial charge in [-0.25, -0.2) is 0 Å². The van der Waals surface area contributed by atoms with Crippen LogP contribution < -0.4 is 10.4 Å². The van der Waals surface area contributed by atoms with Crippen LogP contribution in [-0.2, 0) is 11.6 Å². The topological polar surface area (TPSA) is 12.9 Å². The third-order valence-corrected chi connectivity index (χ3v) is 14.1. The SMILES string of the molecule is CC(C)(C)c1cc(-c2cc(-c3ccc4c(c3)-c3ccccc3-c3ccccc3[Si](C)(C)c3ccccc3-4)c(C(F)(F)F)cn2)cc2ccccc12. The summed E-state index contributed by atoms with van der Waals surface area (Å²) in [6, 6.07) is 45.2. The summed E-state index contributed by atoms with van der Waals surface area (Å²) >= 11 is 0. The van der Waals surface area contributed by atoms with Crippen LogP contribution in [0.15, 0.2) is 140 Å². The van der Waals surface area contributed by atoms with E-state index in [1.165, 1.54) is 15.9 Å². The Morgan fingerprint density at radius 1 is 0.490 bits per heavy atom. The van der Waals surface area contributed by atoms with Crippen LogP contribution in [0.5, 0.6) is 0 Å². The lowest BCUT2D eigenvalue weighted by atomic mass is 9.82. The molecule has 5 heteroatoms. The summed E-state index contributed by atoms with van der Waals surface area (Å²) in [6.07, 6.45) is -3.59. The summed E-state index contributed by atoms with van der Waals surface area (Å²) in [5.41, 5.74) is 8.39. The zero-order chi connectivity index (χ0) is 35.7. The molecule has 0 N–H and O–H groups in total. The maximum Gasteiger partial charge on any atom is 0.418 e. The van der Waals surface area contributed by atoms with Crippen LogP contribution in [0.1, 0.15) is 31.9 Å². The molecule has 51 heavy (non-hydrogen) atoms. The van der Waals surface area contributed by atoms with E-state index < -0.39 is 19.8 Å². The van der Waals surface area contributed by atoms with Crippen molar-refractivity contribution in [2.24, 2.45) is 0 Å². The summed E-state index contributed by atoms with van der Waals surface area (Å²) in [6.45, 7) is 11.2. The van der Waals surface area contributed by atoms with Crippen LogP contribution in [0.4, 0.5) is 13.2 Å². The number of hydrogen-bond donors (Lipinski definition) is 0. The van der Waals surface area contributed by atoms with Gasteiger partial charge in [-0.2, -0.15) is 13.2 Å². The quantitative estimate of drug-likeness (QED) is 0.165. The summed E-state index contributed by atoms with van der Waals surface area (Å²) in [7, 11) is -2.23. The van der Waals surface area contributed by atoms with Crippen molar-refractivity contribution in [1.29, 1.82) is 0 Å². The highest BCUT2D eigenvalue weighted by Crippen LogP contribution is 2.45. The Bertz CT molecular complexity index is 2490. The molecule has 1 aliphatic rings. The molecule has 2 heterocycles. The molecule has 0 amide bonds. The first-order valence-electron chi connectivity index (χ1n) is 17.4. The summed E-state index contributed by atoms with van der Waals surface area (Å²) in [4.78, 5) is 4.45. The lowest BCUT2D eigenvalue weighted by Gasteiger charge is -2.28. The highest BCUT2D eigenvalue weighted by Gasteiger charge is 2.36. The van der Waals surface area contributed by atoms with Crippen LogP contribution in [0.3, 0.4) is 0 Å². The Morgan fingerprint density at radius 3 is 1.67 bits per heavy atom. The van der Waals surface area contributed by atoms with Gasteiger partial charge in [-0.15, -0.1) is 0 Å². The van der Waals surface area contributed by atoms with Gasteiger partial charge in [0.25, 0.3) is 0 Å². The number of aromatic nitrogens is 1. The number of benzene rings is 6. The molecule has 0 bridgehead atoms. The molecule has 7 aromatic rings. The van der Waals surface area contributed by atoms with Crippen LogP contribution >= 0.6 is 0 Å². The van der Waals surface area contributed by atoms with Gasteiger partial charge in [0.1, 0.15) is 8.07 Å². The molecule has 1 aliphatic heterocycles. The van der Waals surface area contributed by atoms with Crippen molar-refractivity contribution < 1.29 is 13.2 Å². The van der Waals surface area contributed by atoms with Crippen molar-refractivity contribution in [1.82, 2.24) is 4.98 Å². The zero-order valence-electron chi connectivity index (χ0n) is 29.4. The second-order valence-corrected chi connectivity index (χ2v) is 19.5. The first-order chi connectivity index (χ1) is 24.3. The van der Waals surface area contributed by atoms with Crippen LogP contribution in [-0.4, -0.2) is 13.1 Å². The second kappa shape index (κ2) is 11.9. The van der Waals surface area contributed by atoms with E-state index in [0.29, 0.717) is 11.3 Å². The minimum absolute atomic E-state index is 0.113. The molecular weight excluding hydrogens is 652 g/mol. The highest BCUT2D eigenvalue weighted by molar-refractivity contribution is 7.02. The summed E-state index contributed by atoms with van der Waals surface area (Å²) in [5, 5.41) is 4.79. The van der Waals surface area contributed by atoms with Gasteiger partial charge in [0, 0.05) is 11.8 Å². The second-order valence-electron chi connectivity index (χ2n) is 15.1. The third kappa shape index (κ3) is 5.61. The molecule has 1 nitrogen and oxygen atoms in total. The normalized spacial score (nSPS) is 13.6. The molecule has 0 saturated heterocycles. The number of nitrogens with zero attached hydrogens (tertiary/aromatic N) is 1. The fraction of sp³-hybridized carbons (Fsp3) is 0.152. The fourth-order valence-corrected chi connectivity index (χ4v) is 11.0. The van der Waals surface area contributed by atoms with Gasteiger partial charge in [-0.1, -0.05) is 143 Å². The van der Waals surface area contributed by atoms with Crippen molar-refractivity contribution in [2.75, 3.05) is 0 Å². The number of halogens is 3. The maximum absolute atomic E-state index is 14.9. The number of alkyl halides is 3. The molecule has 252 valence electrons. The van der Waals surface area contributed by atoms with Crippen molar-refractivity contribution in [3.63, 3.8) is 0 Å². The van der Waals surface area contributed by atoms with Gasteiger partial charge in [-0.05, 0) is 101 Å². The van der Waals surface area contributed by atoms with E-state index in [9.17, 15) is 13.2 Å². The van der Waals surface area contributed by atoms with Gasteiger partial charge in [0.2, 0.25) is 0 Å². The first kappa shape index (κ1) is 32.9. The Hall–Kier alpha value is -5.26. The monoisotopic (exact) mass is 689 g/mol. The lowest BCUT2D eigenvalue weighted by Crippen LogP contribution is -2.54. The minimum Gasteiger partial charge on any atom is -0.256 e. The van der Waals surface area contributed by atoms with Crippen molar-refractivity contribution in [2.45, 2.75) is 45.5 Å². The van der Waals surface area contributed by atoms with E-state index >= 15 is 0 Å². The largest absolute Gasteiger partial charge is 0.418 e. The molecule has 0 atom stereocenters. The number of fused-ring (bicyclic) bond motifs is 8. The molecule has 0 radical (unpaired) electrons. The highest BCUT2D eigenvalue weighted by atomic mass is 28.3. The van der Waals surface area contributed by atoms with Gasteiger partial charge in [-0.3, -0.25) is 4.98 Å². The van der Waals surface area contributed by atoms with E-state index in [0.717, 1.165) is 55.9 Å². The van der Waals surface area contributed by atoms with Gasteiger partial charge >= 0.3 is 6.18 Å². The van der Waals surface area contributed by atoms with Crippen LogP contribution in [0.2, 0.25) is 13.1 Å². The Kier molecular flexibility index (Phi) is 7.69. The molecule has 0 unspecified atom stereocenters. The Labute approximate surface area is 298 Å². The first-order valence-corrected chi connectivity index (χ1v) is 20.4. The summed E-state index contributed by atoms with van der Waals surface area (Å²) in [5.74, 6) is 0. The fourth-order valence-electron chi connectivity index (χ4n) is 7.95. The average Bonchev–Trinajstić information content (AvgIpc) is 3.15.